The number of hydrogen-bond donors (Lipinski definition) is 1. The lowest BCUT2D eigenvalue weighted by Crippen LogP contribution is -2.27. The van der Waals surface area contributed by atoms with Crippen LogP contribution in [0.4, 0.5) is 4.39 Å². The molecular formula is C17H21ClFN3O. The van der Waals surface area contributed by atoms with E-state index in [2.05, 4.69) is 24.3 Å². The van der Waals surface area contributed by atoms with E-state index in [9.17, 15) is 9.18 Å². The Hall–Kier alpha value is -1.88. The highest BCUT2D eigenvalue weighted by atomic mass is 35.5. The second kappa shape index (κ2) is 7.13. The molecule has 6 heteroatoms. The van der Waals surface area contributed by atoms with Gasteiger partial charge in [-0.1, -0.05) is 37.6 Å². The number of hydrogen-bond acceptors (Lipinski definition) is 2. The molecule has 23 heavy (non-hydrogen) atoms. The highest BCUT2D eigenvalue weighted by Crippen LogP contribution is 2.22. The number of carbonyl (C=O) groups excluding carboxylic acids is 1. The fourth-order valence-electron chi connectivity index (χ4n) is 2.38. The van der Waals surface area contributed by atoms with E-state index >= 15 is 0 Å². The van der Waals surface area contributed by atoms with Crippen molar-refractivity contribution in [3.05, 3.63) is 52.1 Å². The molecule has 1 aromatic heterocycles. The van der Waals surface area contributed by atoms with Gasteiger partial charge < -0.3 is 5.32 Å². The van der Waals surface area contributed by atoms with Crippen LogP contribution in [0.1, 0.15) is 48.4 Å². The largest absolute Gasteiger partial charge is 0.345 e. The van der Waals surface area contributed by atoms with Crippen molar-refractivity contribution >= 4 is 17.5 Å². The first kappa shape index (κ1) is 17.5. The number of nitrogens with zero attached hydrogens (tertiary/aromatic N) is 2. The van der Waals surface area contributed by atoms with Gasteiger partial charge in [-0.3, -0.25) is 9.48 Å². The van der Waals surface area contributed by atoms with E-state index in [-0.39, 0.29) is 17.8 Å². The van der Waals surface area contributed by atoms with E-state index in [0.717, 1.165) is 5.56 Å². The van der Waals surface area contributed by atoms with Crippen molar-refractivity contribution in [3.63, 3.8) is 0 Å². The van der Waals surface area contributed by atoms with Gasteiger partial charge in [-0.15, -0.1) is 0 Å². The van der Waals surface area contributed by atoms with Crippen molar-refractivity contribution in [2.45, 2.75) is 40.3 Å². The third-order valence-corrected chi connectivity index (χ3v) is 3.93. The van der Waals surface area contributed by atoms with Crippen LogP contribution < -0.4 is 5.32 Å². The first-order valence-electron chi connectivity index (χ1n) is 7.58. The van der Waals surface area contributed by atoms with Crippen LogP contribution in [0.2, 0.25) is 5.15 Å². The Bertz CT molecular complexity index is 695. The average molecular weight is 338 g/mol. The molecule has 0 fully saturated rings. The molecule has 1 amide bonds. The van der Waals surface area contributed by atoms with Gasteiger partial charge in [0, 0.05) is 6.54 Å². The molecule has 0 saturated carbocycles. The van der Waals surface area contributed by atoms with Crippen LogP contribution in [0.15, 0.2) is 24.3 Å². The van der Waals surface area contributed by atoms with Gasteiger partial charge in [0.25, 0.3) is 5.91 Å². The Kier molecular flexibility index (Phi) is 5.42. The summed E-state index contributed by atoms with van der Waals surface area (Å²) in [6.07, 6.45) is 0. The third-order valence-electron chi connectivity index (χ3n) is 3.55. The van der Waals surface area contributed by atoms with Gasteiger partial charge in [-0.2, -0.15) is 5.10 Å². The summed E-state index contributed by atoms with van der Waals surface area (Å²) in [5.41, 5.74) is 1.81. The van der Waals surface area contributed by atoms with E-state index in [1.807, 2.05) is 6.92 Å². The Morgan fingerprint density at radius 2 is 1.91 bits per heavy atom. The zero-order chi connectivity index (χ0) is 17.1. The fraction of sp³-hybridized carbons (Fsp3) is 0.412. The molecule has 4 nitrogen and oxygen atoms in total. The molecule has 0 saturated heterocycles. The highest BCUT2D eigenvalue weighted by Gasteiger charge is 2.22. The van der Waals surface area contributed by atoms with E-state index < -0.39 is 0 Å². The number of aromatic nitrogens is 2. The molecule has 2 aromatic rings. The zero-order valence-electron chi connectivity index (χ0n) is 13.7. The molecular weight excluding hydrogens is 317 g/mol. The number of carbonyl (C=O) groups is 1. The number of rotatable bonds is 5. The van der Waals surface area contributed by atoms with E-state index in [0.29, 0.717) is 28.9 Å². The van der Waals surface area contributed by atoms with Gasteiger partial charge in [0.2, 0.25) is 0 Å². The van der Waals surface area contributed by atoms with Gasteiger partial charge >= 0.3 is 0 Å². The van der Waals surface area contributed by atoms with E-state index in [1.165, 1.54) is 12.1 Å². The van der Waals surface area contributed by atoms with Crippen molar-refractivity contribution in [1.29, 1.82) is 0 Å². The van der Waals surface area contributed by atoms with Crippen molar-refractivity contribution < 1.29 is 9.18 Å². The maximum atomic E-state index is 13.0. The summed E-state index contributed by atoms with van der Waals surface area (Å²) in [6.45, 7) is 8.38. The fourth-order valence-corrected chi connectivity index (χ4v) is 2.71. The Morgan fingerprint density at radius 3 is 2.48 bits per heavy atom. The van der Waals surface area contributed by atoms with Crippen LogP contribution in [-0.2, 0) is 6.54 Å². The topological polar surface area (TPSA) is 46.9 Å². The summed E-state index contributed by atoms with van der Waals surface area (Å²) in [5, 5.41) is 7.57. The lowest BCUT2D eigenvalue weighted by Gasteiger charge is -2.14. The Morgan fingerprint density at radius 1 is 1.30 bits per heavy atom. The number of nitrogens with one attached hydrogen (secondary N) is 1. The molecule has 1 N–H and O–H groups in total. The monoisotopic (exact) mass is 337 g/mol. The Balaban J connectivity index is 2.17. The van der Waals surface area contributed by atoms with Gasteiger partial charge in [0.1, 0.15) is 11.0 Å². The van der Waals surface area contributed by atoms with Crippen LogP contribution in [0.5, 0.6) is 0 Å². The summed E-state index contributed by atoms with van der Waals surface area (Å²) < 4.78 is 14.6. The molecule has 1 aromatic carbocycles. The molecule has 0 radical (unpaired) electrons. The van der Waals surface area contributed by atoms with Crippen molar-refractivity contribution in [2.75, 3.05) is 0 Å². The molecule has 0 aliphatic rings. The second-order valence-corrected chi connectivity index (χ2v) is 6.43. The average Bonchev–Trinajstić information content (AvgIpc) is 2.73. The SMILES string of the molecule is Cc1nn(CC(C)C)c(Cl)c1C(=O)N[C@H](C)c1ccc(F)cc1. The smallest absolute Gasteiger partial charge is 0.256 e. The first-order chi connectivity index (χ1) is 10.8. The van der Waals surface area contributed by atoms with Crippen LogP contribution in [0.3, 0.4) is 0 Å². The summed E-state index contributed by atoms with van der Waals surface area (Å²) >= 11 is 6.31. The quantitative estimate of drug-likeness (QED) is 0.891. The number of halogens is 2. The van der Waals surface area contributed by atoms with E-state index in [1.54, 1.807) is 23.7 Å². The minimum atomic E-state index is -0.305. The lowest BCUT2D eigenvalue weighted by atomic mass is 10.1. The molecule has 0 aliphatic carbocycles. The maximum absolute atomic E-state index is 13.0. The zero-order valence-corrected chi connectivity index (χ0v) is 14.5. The third kappa shape index (κ3) is 4.10. The van der Waals surface area contributed by atoms with Crippen LogP contribution >= 0.6 is 11.6 Å². The lowest BCUT2D eigenvalue weighted by molar-refractivity contribution is 0.0939. The van der Waals surface area contributed by atoms with Crippen LogP contribution in [0, 0.1) is 18.7 Å². The number of amides is 1. The highest BCUT2D eigenvalue weighted by molar-refractivity contribution is 6.33. The van der Waals surface area contributed by atoms with Gasteiger partial charge in [0.05, 0.1) is 17.3 Å². The second-order valence-electron chi connectivity index (χ2n) is 6.07. The van der Waals surface area contributed by atoms with Gasteiger partial charge in [-0.25, -0.2) is 4.39 Å². The van der Waals surface area contributed by atoms with E-state index in [4.69, 9.17) is 11.6 Å². The summed E-state index contributed by atoms with van der Waals surface area (Å²) in [5.74, 6) is -0.207. The molecule has 0 unspecified atom stereocenters. The summed E-state index contributed by atoms with van der Waals surface area (Å²) in [6, 6.07) is 5.79. The number of benzene rings is 1. The standard InChI is InChI=1S/C17H21ClFN3O/c1-10(2)9-22-16(18)15(12(4)21-22)17(23)20-11(3)13-5-7-14(19)8-6-13/h5-8,10-11H,9H2,1-4H3,(H,20,23)/t11-/m1/s1. The van der Waals surface area contributed by atoms with Crippen LogP contribution in [0.25, 0.3) is 0 Å². The van der Waals surface area contributed by atoms with Crippen LogP contribution in [-0.4, -0.2) is 15.7 Å². The number of aryl methyl sites for hydroxylation is 1. The van der Waals surface area contributed by atoms with Crippen molar-refractivity contribution in [1.82, 2.24) is 15.1 Å². The van der Waals surface area contributed by atoms with Crippen molar-refractivity contribution in [3.8, 4) is 0 Å². The molecule has 0 bridgehead atoms. The molecule has 124 valence electrons. The predicted octanol–water partition coefficient (Wildman–Crippen LogP) is 4.13. The molecule has 1 atom stereocenters. The summed E-state index contributed by atoms with van der Waals surface area (Å²) in [4.78, 5) is 12.5. The normalized spacial score (nSPS) is 12.5. The molecule has 1 heterocycles. The molecule has 0 aliphatic heterocycles. The Labute approximate surface area is 140 Å². The van der Waals surface area contributed by atoms with Gasteiger partial charge in [-0.05, 0) is 37.5 Å². The minimum absolute atomic E-state index is 0.257. The first-order valence-corrected chi connectivity index (χ1v) is 7.96. The van der Waals surface area contributed by atoms with Crippen molar-refractivity contribution in [2.24, 2.45) is 5.92 Å². The maximum Gasteiger partial charge on any atom is 0.256 e. The molecule has 2 rings (SSSR count). The summed E-state index contributed by atoms with van der Waals surface area (Å²) in [7, 11) is 0. The minimum Gasteiger partial charge on any atom is -0.345 e. The van der Waals surface area contributed by atoms with Gasteiger partial charge in [0.15, 0.2) is 0 Å². The molecule has 0 spiro atoms. The predicted molar refractivity (Wildman–Crippen MR) is 89.1 cm³/mol.